The van der Waals surface area contributed by atoms with Crippen molar-refractivity contribution in [2.24, 2.45) is 9.98 Å². The maximum absolute atomic E-state index is 9.56. The van der Waals surface area contributed by atoms with E-state index in [0.717, 1.165) is 17.5 Å². The maximum Gasteiger partial charge on any atom is 0.124 e. The molecular weight excluding hydrogens is 459 g/mol. The van der Waals surface area contributed by atoms with Gasteiger partial charge in [-0.1, -0.05) is 24.3 Å². The van der Waals surface area contributed by atoms with Crippen LogP contribution in [0, 0.1) is 0 Å². The number of hydrogen-bond donors (Lipinski definition) is 2. The van der Waals surface area contributed by atoms with Crippen molar-refractivity contribution in [3.8, 4) is 11.5 Å². The first-order valence-corrected chi connectivity index (χ1v) is 6.83. The third-order valence-corrected chi connectivity index (χ3v) is 2.91. The predicted octanol–water partition coefficient (Wildman–Crippen LogP) is 3.02. The molecule has 0 bridgehead atoms. The molecule has 4 nitrogen and oxygen atoms in total. The summed E-state index contributed by atoms with van der Waals surface area (Å²) in [6.07, 6.45) is 4.15. The van der Waals surface area contributed by atoms with Crippen LogP contribution in [-0.2, 0) is 21.1 Å². The average Bonchev–Trinajstić information content (AvgIpc) is 2.50. The molecule has 0 radical (unpaired) electrons. The molecule has 0 aliphatic carbocycles. The zero-order valence-corrected chi connectivity index (χ0v) is 14.3. The molecule has 0 saturated heterocycles. The van der Waals surface area contributed by atoms with Gasteiger partial charge in [0.25, 0.3) is 0 Å². The normalized spacial score (nSPS) is 10.9. The monoisotopic (exact) mass is 477 g/mol. The molecule has 0 aliphatic rings. The first kappa shape index (κ1) is 18.1. The quantitative estimate of drug-likeness (QED) is 0.497. The molecule has 118 valence electrons. The number of phenolic OH excluding ortho intramolecular Hbond substituents is 2. The van der Waals surface area contributed by atoms with Crippen molar-refractivity contribution in [3.63, 3.8) is 0 Å². The molecule has 0 unspecified atom stereocenters. The molecule has 2 aromatic carbocycles. The fraction of sp³-hybridized carbons (Fsp3) is 0.176. The predicted molar refractivity (Wildman–Crippen MR) is 85.8 cm³/mol. The molecule has 2 aromatic rings. The Balaban J connectivity index is 0.00000242. The summed E-state index contributed by atoms with van der Waals surface area (Å²) in [5, 5.41) is 19.1. The van der Waals surface area contributed by atoms with Crippen LogP contribution in [0.5, 0.6) is 11.5 Å². The Labute approximate surface area is 144 Å². The second-order valence-electron chi connectivity index (χ2n) is 4.54. The maximum atomic E-state index is 9.56. The van der Waals surface area contributed by atoms with Crippen molar-refractivity contribution in [3.05, 3.63) is 59.7 Å². The summed E-state index contributed by atoms with van der Waals surface area (Å²) in [5.74, 6) is 0.470. The van der Waals surface area contributed by atoms with Crippen LogP contribution in [0.3, 0.4) is 0 Å². The van der Waals surface area contributed by atoms with Gasteiger partial charge in [-0.05, 0) is 30.7 Å². The summed E-state index contributed by atoms with van der Waals surface area (Å²) in [7, 11) is 0. The third-order valence-electron chi connectivity index (χ3n) is 2.91. The van der Waals surface area contributed by atoms with Gasteiger partial charge in [0.1, 0.15) is 11.5 Å². The van der Waals surface area contributed by atoms with E-state index in [0.29, 0.717) is 13.1 Å². The second-order valence-corrected chi connectivity index (χ2v) is 4.54. The van der Waals surface area contributed by atoms with Gasteiger partial charge in [-0.3, -0.25) is 9.98 Å². The van der Waals surface area contributed by atoms with Gasteiger partial charge in [-0.2, -0.15) is 0 Å². The van der Waals surface area contributed by atoms with Crippen molar-refractivity contribution in [1.29, 1.82) is 0 Å². The molecule has 0 heterocycles. The van der Waals surface area contributed by atoms with E-state index in [1.165, 1.54) is 0 Å². The summed E-state index contributed by atoms with van der Waals surface area (Å²) in [6, 6.07) is 14.2. The van der Waals surface area contributed by atoms with Crippen molar-refractivity contribution in [2.45, 2.75) is 6.42 Å². The second kappa shape index (κ2) is 9.91. The Kier molecular flexibility index (Phi) is 8.16. The van der Waals surface area contributed by atoms with Crippen molar-refractivity contribution >= 4 is 12.4 Å². The number of rotatable bonds is 6. The minimum Gasteiger partial charge on any atom is -0.507 e. The van der Waals surface area contributed by atoms with Gasteiger partial charge in [0, 0.05) is 57.7 Å². The van der Waals surface area contributed by atoms with Gasteiger partial charge in [-0.25, -0.2) is 0 Å². The zero-order chi connectivity index (χ0) is 14.9. The molecule has 0 aliphatic heterocycles. The van der Waals surface area contributed by atoms with Crippen molar-refractivity contribution in [2.75, 3.05) is 13.1 Å². The Bertz CT molecular complexity index is 587. The van der Waals surface area contributed by atoms with Gasteiger partial charge in [0.15, 0.2) is 0 Å². The number of aliphatic imine (C=N–C) groups is 2. The van der Waals surface area contributed by atoms with Crippen LogP contribution < -0.4 is 0 Å². The van der Waals surface area contributed by atoms with Crippen LogP contribution in [0.4, 0.5) is 0 Å². The van der Waals surface area contributed by atoms with Crippen LogP contribution in [0.2, 0.25) is 0 Å². The standard InChI is InChI=1S/C17H18N2O2.Pt/c20-16-8-3-1-6-14(16)12-18-10-5-11-19-13-15-7-2-4-9-17(15)21;/h1-4,6-9,12-13,20-21H,5,10-11H2;. The number of hydrogen-bond acceptors (Lipinski definition) is 4. The fourth-order valence-corrected chi connectivity index (χ4v) is 1.77. The van der Waals surface area contributed by atoms with Crippen LogP contribution in [-0.4, -0.2) is 35.7 Å². The van der Waals surface area contributed by atoms with Gasteiger partial charge >= 0.3 is 0 Å². The van der Waals surface area contributed by atoms with Crippen LogP contribution in [0.25, 0.3) is 0 Å². The smallest absolute Gasteiger partial charge is 0.124 e. The van der Waals surface area contributed by atoms with Crippen LogP contribution in [0.15, 0.2) is 58.5 Å². The Morgan fingerprint density at radius 3 is 1.55 bits per heavy atom. The zero-order valence-electron chi connectivity index (χ0n) is 12.0. The van der Waals surface area contributed by atoms with Crippen molar-refractivity contribution < 1.29 is 31.3 Å². The van der Waals surface area contributed by atoms with Crippen molar-refractivity contribution in [1.82, 2.24) is 0 Å². The number of para-hydroxylation sites is 2. The summed E-state index contributed by atoms with van der Waals surface area (Å²) < 4.78 is 0. The van der Waals surface area contributed by atoms with Gasteiger partial charge in [0.2, 0.25) is 0 Å². The molecular formula is C17H18N2O2Pt. The molecule has 2 N–H and O–H groups in total. The summed E-state index contributed by atoms with van der Waals surface area (Å²) >= 11 is 0. The molecule has 0 saturated carbocycles. The molecule has 0 atom stereocenters. The summed E-state index contributed by atoms with van der Waals surface area (Å²) in [4.78, 5) is 8.51. The SMILES string of the molecule is Oc1ccccc1C=NCCCN=Cc1ccccc1O.[Pt]. The molecule has 2 rings (SSSR count). The largest absolute Gasteiger partial charge is 0.507 e. The number of phenols is 2. The molecule has 22 heavy (non-hydrogen) atoms. The minimum absolute atomic E-state index is 0. The van der Waals surface area contributed by atoms with Gasteiger partial charge in [0.05, 0.1) is 0 Å². The van der Waals surface area contributed by atoms with E-state index < -0.39 is 0 Å². The third kappa shape index (κ3) is 5.82. The number of aromatic hydroxyl groups is 2. The average molecular weight is 477 g/mol. The van der Waals surface area contributed by atoms with Crippen LogP contribution >= 0.6 is 0 Å². The number of nitrogens with zero attached hydrogens (tertiary/aromatic N) is 2. The number of benzene rings is 2. The van der Waals surface area contributed by atoms with E-state index >= 15 is 0 Å². The van der Waals surface area contributed by atoms with E-state index in [4.69, 9.17) is 0 Å². The molecule has 5 heteroatoms. The topological polar surface area (TPSA) is 65.2 Å². The Hall–Kier alpha value is -1.93. The minimum atomic E-state index is 0. The first-order chi connectivity index (χ1) is 10.3. The Morgan fingerprint density at radius 2 is 1.14 bits per heavy atom. The summed E-state index contributed by atoms with van der Waals surface area (Å²) in [5.41, 5.74) is 1.44. The first-order valence-electron chi connectivity index (χ1n) is 6.83. The van der Waals surface area contributed by atoms with E-state index in [2.05, 4.69) is 9.98 Å². The molecule has 0 spiro atoms. The van der Waals surface area contributed by atoms with Gasteiger partial charge < -0.3 is 10.2 Å². The molecule has 0 fully saturated rings. The fourth-order valence-electron chi connectivity index (χ4n) is 1.77. The van der Waals surface area contributed by atoms with E-state index in [-0.39, 0.29) is 32.6 Å². The van der Waals surface area contributed by atoms with E-state index in [9.17, 15) is 10.2 Å². The Morgan fingerprint density at radius 1 is 0.727 bits per heavy atom. The van der Waals surface area contributed by atoms with Gasteiger partial charge in [-0.15, -0.1) is 0 Å². The molecule has 0 amide bonds. The van der Waals surface area contributed by atoms with Crippen LogP contribution in [0.1, 0.15) is 17.5 Å². The van der Waals surface area contributed by atoms with E-state index in [1.54, 1.807) is 36.7 Å². The van der Waals surface area contributed by atoms with E-state index in [1.807, 2.05) is 24.3 Å². The molecule has 0 aromatic heterocycles. The summed E-state index contributed by atoms with van der Waals surface area (Å²) in [6.45, 7) is 1.29.